The van der Waals surface area contributed by atoms with Crippen molar-refractivity contribution >= 4 is 10.0 Å². The number of sulfonamides is 1. The smallest absolute Gasteiger partial charge is 0.243 e. The Morgan fingerprint density at radius 3 is 2.45 bits per heavy atom. The Kier molecular flexibility index (Phi) is 4.59. The summed E-state index contributed by atoms with van der Waals surface area (Å²) in [4.78, 5) is 0.284. The average Bonchev–Trinajstić information content (AvgIpc) is 2.92. The summed E-state index contributed by atoms with van der Waals surface area (Å²) >= 11 is 0. The minimum atomic E-state index is -3.49. The Hall–Kier alpha value is -1.63. The fraction of sp³-hybridized carbons (Fsp3) is 0.286. The molecule has 20 heavy (non-hydrogen) atoms. The molecule has 0 unspecified atom stereocenters. The first-order valence-corrected chi connectivity index (χ1v) is 7.70. The molecule has 5 nitrogen and oxygen atoms in total. The molecule has 2 rings (SSSR count). The highest BCUT2D eigenvalue weighted by Crippen LogP contribution is 2.17. The van der Waals surface area contributed by atoms with Gasteiger partial charge < -0.3 is 9.73 Å². The Morgan fingerprint density at radius 1 is 1.20 bits per heavy atom. The average molecular weight is 294 g/mol. The van der Waals surface area contributed by atoms with E-state index in [1.54, 1.807) is 31.3 Å². The number of furan rings is 1. The Bertz CT molecular complexity index is 634. The third-order valence-electron chi connectivity index (χ3n) is 2.97. The van der Waals surface area contributed by atoms with Crippen LogP contribution in [0.5, 0.6) is 0 Å². The summed E-state index contributed by atoms with van der Waals surface area (Å²) in [6.07, 6.45) is 1.53. The highest BCUT2D eigenvalue weighted by Gasteiger charge is 2.21. The first-order valence-electron chi connectivity index (χ1n) is 6.26. The number of hydrogen-bond acceptors (Lipinski definition) is 4. The molecule has 0 aliphatic carbocycles. The van der Waals surface area contributed by atoms with Crippen LogP contribution in [0.3, 0.4) is 0 Å². The quantitative estimate of drug-likeness (QED) is 0.882. The van der Waals surface area contributed by atoms with Gasteiger partial charge in [-0.25, -0.2) is 8.42 Å². The van der Waals surface area contributed by atoms with Crippen LogP contribution in [0.1, 0.15) is 11.3 Å². The van der Waals surface area contributed by atoms with Gasteiger partial charge in [-0.2, -0.15) is 4.31 Å². The van der Waals surface area contributed by atoms with E-state index in [4.69, 9.17) is 4.42 Å². The van der Waals surface area contributed by atoms with Gasteiger partial charge in [0.25, 0.3) is 0 Å². The van der Waals surface area contributed by atoms with Crippen molar-refractivity contribution in [3.05, 3.63) is 54.0 Å². The molecule has 1 N–H and O–H groups in total. The van der Waals surface area contributed by atoms with Crippen molar-refractivity contribution in [2.75, 3.05) is 14.1 Å². The van der Waals surface area contributed by atoms with Gasteiger partial charge in [-0.05, 0) is 36.9 Å². The third kappa shape index (κ3) is 3.27. The van der Waals surface area contributed by atoms with E-state index in [2.05, 4.69) is 5.32 Å². The van der Waals surface area contributed by atoms with Crippen LogP contribution in [0.4, 0.5) is 0 Å². The van der Waals surface area contributed by atoms with Crippen LogP contribution in [0.25, 0.3) is 0 Å². The minimum absolute atomic E-state index is 0.216. The van der Waals surface area contributed by atoms with Crippen LogP contribution in [0.15, 0.2) is 52.0 Å². The van der Waals surface area contributed by atoms with Gasteiger partial charge >= 0.3 is 0 Å². The SMILES string of the molecule is CNCc1ccc(S(=O)(=O)N(C)Cc2ccco2)cc1. The van der Waals surface area contributed by atoms with E-state index in [0.29, 0.717) is 12.3 Å². The van der Waals surface area contributed by atoms with Crippen molar-refractivity contribution in [1.29, 1.82) is 0 Å². The van der Waals surface area contributed by atoms with E-state index < -0.39 is 10.0 Å². The van der Waals surface area contributed by atoms with Gasteiger partial charge in [0.15, 0.2) is 0 Å². The van der Waals surface area contributed by atoms with Gasteiger partial charge in [-0.1, -0.05) is 12.1 Å². The van der Waals surface area contributed by atoms with E-state index in [-0.39, 0.29) is 11.4 Å². The summed E-state index contributed by atoms with van der Waals surface area (Å²) in [5, 5.41) is 3.02. The topological polar surface area (TPSA) is 62.6 Å². The first-order chi connectivity index (χ1) is 9.54. The van der Waals surface area contributed by atoms with Crippen molar-refractivity contribution in [2.24, 2.45) is 0 Å². The zero-order valence-electron chi connectivity index (χ0n) is 11.5. The second-order valence-corrected chi connectivity index (χ2v) is 6.56. The lowest BCUT2D eigenvalue weighted by molar-refractivity contribution is 0.406. The van der Waals surface area contributed by atoms with Crippen molar-refractivity contribution in [1.82, 2.24) is 9.62 Å². The van der Waals surface area contributed by atoms with Gasteiger partial charge in [0.2, 0.25) is 10.0 Å². The van der Waals surface area contributed by atoms with Gasteiger partial charge in [0.1, 0.15) is 5.76 Å². The standard InChI is InChI=1S/C14H18N2O3S/c1-15-10-12-5-7-14(8-6-12)20(17,18)16(2)11-13-4-3-9-19-13/h3-9,15H,10-11H2,1-2H3. The fourth-order valence-corrected chi connectivity index (χ4v) is 3.01. The molecule has 0 saturated heterocycles. The molecule has 6 heteroatoms. The Labute approximate surface area is 119 Å². The van der Waals surface area contributed by atoms with Crippen LogP contribution < -0.4 is 5.32 Å². The molecule has 0 amide bonds. The number of rotatable bonds is 6. The second kappa shape index (κ2) is 6.21. The van der Waals surface area contributed by atoms with Gasteiger partial charge in [0, 0.05) is 13.6 Å². The minimum Gasteiger partial charge on any atom is -0.468 e. The molecule has 0 aliphatic rings. The lowest BCUT2D eigenvalue weighted by Crippen LogP contribution is -2.26. The van der Waals surface area contributed by atoms with E-state index in [1.165, 1.54) is 10.6 Å². The molecule has 0 aliphatic heterocycles. The lowest BCUT2D eigenvalue weighted by atomic mass is 10.2. The molecule has 1 heterocycles. The Balaban J connectivity index is 2.16. The number of benzene rings is 1. The third-order valence-corrected chi connectivity index (χ3v) is 4.79. The summed E-state index contributed by atoms with van der Waals surface area (Å²) in [5.41, 5.74) is 1.04. The lowest BCUT2D eigenvalue weighted by Gasteiger charge is -2.16. The largest absolute Gasteiger partial charge is 0.468 e. The predicted octanol–water partition coefficient (Wildman–Crippen LogP) is 1.82. The van der Waals surface area contributed by atoms with Crippen molar-refractivity contribution < 1.29 is 12.8 Å². The molecule has 0 bridgehead atoms. The van der Waals surface area contributed by atoms with E-state index >= 15 is 0 Å². The summed E-state index contributed by atoms with van der Waals surface area (Å²) < 4.78 is 31.2. The van der Waals surface area contributed by atoms with Crippen LogP contribution in [-0.4, -0.2) is 26.8 Å². The molecular formula is C14H18N2O3S. The predicted molar refractivity (Wildman–Crippen MR) is 76.6 cm³/mol. The van der Waals surface area contributed by atoms with Crippen LogP contribution in [-0.2, 0) is 23.1 Å². The number of nitrogens with zero attached hydrogens (tertiary/aromatic N) is 1. The Morgan fingerprint density at radius 2 is 1.90 bits per heavy atom. The molecule has 2 aromatic rings. The van der Waals surface area contributed by atoms with Crippen LogP contribution in [0.2, 0.25) is 0 Å². The maximum Gasteiger partial charge on any atom is 0.243 e. The fourth-order valence-electron chi connectivity index (χ4n) is 1.87. The molecule has 0 spiro atoms. The molecular weight excluding hydrogens is 276 g/mol. The van der Waals surface area contributed by atoms with E-state index in [1.807, 2.05) is 19.2 Å². The van der Waals surface area contributed by atoms with Crippen molar-refractivity contribution in [3.8, 4) is 0 Å². The highest BCUT2D eigenvalue weighted by molar-refractivity contribution is 7.89. The molecule has 108 valence electrons. The first kappa shape index (κ1) is 14.8. The van der Waals surface area contributed by atoms with Gasteiger partial charge in [-0.3, -0.25) is 0 Å². The highest BCUT2D eigenvalue weighted by atomic mass is 32.2. The molecule has 0 atom stereocenters. The summed E-state index contributed by atoms with van der Waals surface area (Å²) in [6, 6.07) is 10.4. The molecule has 1 aromatic carbocycles. The number of nitrogens with one attached hydrogen (secondary N) is 1. The zero-order valence-corrected chi connectivity index (χ0v) is 12.4. The summed E-state index contributed by atoms with van der Waals surface area (Å²) in [5.74, 6) is 0.614. The molecule has 0 saturated carbocycles. The van der Waals surface area contributed by atoms with E-state index in [9.17, 15) is 8.42 Å². The van der Waals surface area contributed by atoms with E-state index in [0.717, 1.165) is 5.56 Å². The molecule has 0 radical (unpaired) electrons. The number of hydrogen-bond donors (Lipinski definition) is 1. The van der Waals surface area contributed by atoms with Gasteiger partial charge in [0.05, 0.1) is 17.7 Å². The van der Waals surface area contributed by atoms with Crippen LogP contribution in [0, 0.1) is 0 Å². The van der Waals surface area contributed by atoms with Crippen molar-refractivity contribution in [2.45, 2.75) is 18.0 Å². The zero-order chi connectivity index (χ0) is 14.6. The maximum atomic E-state index is 12.4. The molecule has 1 aromatic heterocycles. The summed E-state index contributed by atoms with van der Waals surface area (Å²) in [6.45, 7) is 0.927. The molecule has 0 fully saturated rings. The normalized spacial score (nSPS) is 11.9. The summed E-state index contributed by atoms with van der Waals surface area (Å²) in [7, 11) is -0.104. The van der Waals surface area contributed by atoms with Gasteiger partial charge in [-0.15, -0.1) is 0 Å². The van der Waals surface area contributed by atoms with Crippen LogP contribution >= 0.6 is 0 Å². The monoisotopic (exact) mass is 294 g/mol. The second-order valence-electron chi connectivity index (χ2n) is 4.51. The maximum absolute atomic E-state index is 12.4. The van der Waals surface area contributed by atoms with Crippen molar-refractivity contribution in [3.63, 3.8) is 0 Å².